The second-order valence-electron chi connectivity index (χ2n) is 4.17. The minimum Gasteiger partial charge on any atom is -0.334 e. The Morgan fingerprint density at radius 2 is 2.17 bits per heavy atom. The lowest BCUT2D eigenvalue weighted by Gasteiger charge is -2.26. The third-order valence-corrected chi connectivity index (χ3v) is 3.96. The first kappa shape index (κ1) is 11.6. The number of carbonyl (C=O) groups excluding carboxylic acids is 1. The van der Waals surface area contributed by atoms with Crippen LogP contribution in [-0.2, 0) is 0 Å². The van der Waals surface area contributed by atoms with Crippen LogP contribution in [0.5, 0.6) is 0 Å². The second kappa shape index (κ2) is 4.62. The highest BCUT2D eigenvalue weighted by Gasteiger charge is 2.21. The van der Waals surface area contributed by atoms with E-state index in [0.29, 0.717) is 23.6 Å². The molecule has 0 saturated carbocycles. The Balaban J connectivity index is 1.91. The number of hydrogen-bond donors (Lipinski definition) is 1. The lowest BCUT2D eigenvalue weighted by molar-refractivity contribution is 0.0735. The van der Waals surface area contributed by atoms with Crippen LogP contribution in [0, 0.1) is 5.82 Å². The third kappa shape index (κ3) is 2.09. The van der Waals surface area contributed by atoms with E-state index in [1.807, 2.05) is 0 Å². The van der Waals surface area contributed by atoms with Crippen molar-refractivity contribution in [2.75, 3.05) is 26.2 Å². The quantitative estimate of drug-likeness (QED) is 0.849. The van der Waals surface area contributed by atoms with Gasteiger partial charge in [0.05, 0.1) is 10.2 Å². The summed E-state index contributed by atoms with van der Waals surface area (Å²) >= 11 is 1.32. The number of nitrogens with zero attached hydrogens (tertiary/aromatic N) is 2. The highest BCUT2D eigenvalue weighted by Crippen LogP contribution is 2.23. The summed E-state index contributed by atoms with van der Waals surface area (Å²) in [5.74, 6) is -0.382. The summed E-state index contributed by atoms with van der Waals surface area (Å²) in [6.45, 7) is 3.02. The molecule has 1 fully saturated rings. The number of halogens is 1. The van der Waals surface area contributed by atoms with Crippen LogP contribution < -0.4 is 5.32 Å². The average Bonchev–Trinajstić information content (AvgIpc) is 2.81. The zero-order valence-corrected chi connectivity index (χ0v) is 10.5. The van der Waals surface area contributed by atoms with Gasteiger partial charge in [-0.3, -0.25) is 4.79 Å². The maximum absolute atomic E-state index is 13.1. The van der Waals surface area contributed by atoms with Crippen LogP contribution in [0.1, 0.15) is 9.80 Å². The molecule has 94 valence electrons. The van der Waals surface area contributed by atoms with E-state index in [1.165, 1.54) is 23.5 Å². The highest BCUT2D eigenvalue weighted by molar-refractivity contribution is 7.20. The van der Waals surface area contributed by atoms with Gasteiger partial charge in [0.1, 0.15) is 5.82 Å². The van der Waals surface area contributed by atoms with Gasteiger partial charge in [-0.1, -0.05) is 0 Å². The molecule has 1 N–H and O–H groups in total. The van der Waals surface area contributed by atoms with Gasteiger partial charge in [0.15, 0.2) is 5.01 Å². The van der Waals surface area contributed by atoms with Crippen molar-refractivity contribution in [1.29, 1.82) is 0 Å². The van der Waals surface area contributed by atoms with Gasteiger partial charge in [-0.15, -0.1) is 11.3 Å². The second-order valence-corrected chi connectivity index (χ2v) is 5.20. The molecule has 1 saturated heterocycles. The number of piperazine rings is 1. The van der Waals surface area contributed by atoms with E-state index in [2.05, 4.69) is 10.3 Å². The van der Waals surface area contributed by atoms with Crippen LogP contribution in [0.3, 0.4) is 0 Å². The number of aromatic nitrogens is 1. The number of thiazole rings is 1. The van der Waals surface area contributed by atoms with E-state index in [-0.39, 0.29) is 11.7 Å². The molecule has 4 nitrogen and oxygen atoms in total. The first-order valence-electron chi connectivity index (χ1n) is 5.80. The molecule has 18 heavy (non-hydrogen) atoms. The summed E-state index contributed by atoms with van der Waals surface area (Å²) in [5.41, 5.74) is 0.554. The molecule has 2 aromatic rings. The standard InChI is InChI=1S/C12H12FN3OS/c13-8-1-2-10-9(7-8)15-11(18-10)12(17)16-5-3-14-4-6-16/h1-2,7,14H,3-6H2. The van der Waals surface area contributed by atoms with Crippen LogP contribution in [-0.4, -0.2) is 42.0 Å². The number of carbonyl (C=O) groups is 1. The molecule has 1 aromatic heterocycles. The van der Waals surface area contributed by atoms with Gasteiger partial charge in [-0.25, -0.2) is 9.37 Å². The molecule has 0 spiro atoms. The van der Waals surface area contributed by atoms with Gasteiger partial charge in [0.25, 0.3) is 5.91 Å². The van der Waals surface area contributed by atoms with Gasteiger partial charge in [0, 0.05) is 32.2 Å². The van der Waals surface area contributed by atoms with Crippen molar-refractivity contribution >= 4 is 27.5 Å². The Morgan fingerprint density at radius 1 is 1.39 bits per heavy atom. The highest BCUT2D eigenvalue weighted by atomic mass is 32.1. The van der Waals surface area contributed by atoms with E-state index in [9.17, 15) is 9.18 Å². The van der Waals surface area contributed by atoms with Crippen molar-refractivity contribution in [3.8, 4) is 0 Å². The van der Waals surface area contributed by atoms with Crippen LogP contribution in [0.4, 0.5) is 4.39 Å². The minimum absolute atomic E-state index is 0.0573. The molecule has 1 aliphatic rings. The van der Waals surface area contributed by atoms with Crippen molar-refractivity contribution in [2.24, 2.45) is 0 Å². The SMILES string of the molecule is O=C(c1nc2cc(F)ccc2s1)N1CCNCC1. The molecule has 6 heteroatoms. The maximum atomic E-state index is 13.1. The lowest BCUT2D eigenvalue weighted by atomic mass is 10.3. The molecule has 1 aromatic carbocycles. The zero-order chi connectivity index (χ0) is 12.5. The van der Waals surface area contributed by atoms with E-state index < -0.39 is 0 Å². The third-order valence-electron chi connectivity index (χ3n) is 2.94. The Labute approximate surface area is 107 Å². The van der Waals surface area contributed by atoms with Crippen LogP contribution in [0.25, 0.3) is 10.2 Å². The topological polar surface area (TPSA) is 45.2 Å². The monoisotopic (exact) mass is 265 g/mol. The number of benzene rings is 1. The van der Waals surface area contributed by atoms with Crippen molar-refractivity contribution in [3.05, 3.63) is 29.0 Å². The number of hydrogen-bond acceptors (Lipinski definition) is 4. The molecule has 0 bridgehead atoms. The normalized spacial score (nSPS) is 16.2. The van der Waals surface area contributed by atoms with Gasteiger partial charge in [-0.05, 0) is 12.1 Å². The molecule has 0 radical (unpaired) electrons. The Kier molecular flexibility index (Phi) is 2.97. The molecule has 0 unspecified atom stereocenters. The van der Waals surface area contributed by atoms with Crippen molar-refractivity contribution in [1.82, 2.24) is 15.2 Å². The maximum Gasteiger partial charge on any atom is 0.282 e. The molecular formula is C12H12FN3OS. The van der Waals surface area contributed by atoms with Gasteiger partial charge >= 0.3 is 0 Å². The first-order valence-corrected chi connectivity index (χ1v) is 6.62. The minimum atomic E-state index is -0.325. The summed E-state index contributed by atoms with van der Waals surface area (Å²) in [6.07, 6.45) is 0. The predicted octanol–water partition coefficient (Wildman–Crippen LogP) is 1.48. The summed E-state index contributed by atoms with van der Waals surface area (Å²) in [7, 11) is 0. The van der Waals surface area contributed by atoms with Crippen LogP contribution >= 0.6 is 11.3 Å². The van der Waals surface area contributed by atoms with E-state index in [4.69, 9.17) is 0 Å². The van der Waals surface area contributed by atoms with Gasteiger partial charge < -0.3 is 10.2 Å². The van der Waals surface area contributed by atoms with Crippen LogP contribution in [0.2, 0.25) is 0 Å². The molecule has 3 rings (SSSR count). The van der Waals surface area contributed by atoms with E-state index >= 15 is 0 Å². The molecule has 0 atom stereocenters. The molecule has 1 aliphatic heterocycles. The molecule has 2 heterocycles. The summed E-state index contributed by atoms with van der Waals surface area (Å²) in [6, 6.07) is 4.41. The smallest absolute Gasteiger partial charge is 0.282 e. The molecule has 0 aliphatic carbocycles. The largest absolute Gasteiger partial charge is 0.334 e. The number of rotatable bonds is 1. The van der Waals surface area contributed by atoms with Gasteiger partial charge in [-0.2, -0.15) is 0 Å². The van der Waals surface area contributed by atoms with Gasteiger partial charge in [0.2, 0.25) is 0 Å². The fraction of sp³-hybridized carbons (Fsp3) is 0.333. The summed E-state index contributed by atoms with van der Waals surface area (Å²) in [4.78, 5) is 18.2. The lowest BCUT2D eigenvalue weighted by Crippen LogP contribution is -2.46. The van der Waals surface area contributed by atoms with Crippen molar-refractivity contribution in [3.63, 3.8) is 0 Å². The zero-order valence-electron chi connectivity index (χ0n) is 9.65. The fourth-order valence-electron chi connectivity index (χ4n) is 2.00. The van der Waals surface area contributed by atoms with Crippen molar-refractivity contribution < 1.29 is 9.18 Å². The number of nitrogens with one attached hydrogen (secondary N) is 1. The van der Waals surface area contributed by atoms with Crippen LogP contribution in [0.15, 0.2) is 18.2 Å². The van der Waals surface area contributed by atoms with E-state index in [1.54, 1.807) is 11.0 Å². The summed E-state index contributed by atoms with van der Waals surface area (Å²) in [5, 5.41) is 3.64. The summed E-state index contributed by atoms with van der Waals surface area (Å²) < 4.78 is 13.9. The molecular weight excluding hydrogens is 253 g/mol. The average molecular weight is 265 g/mol. The molecule has 1 amide bonds. The van der Waals surface area contributed by atoms with Crippen molar-refractivity contribution in [2.45, 2.75) is 0 Å². The Bertz CT molecular complexity index is 592. The fourth-order valence-corrected chi connectivity index (χ4v) is 2.91. The first-order chi connectivity index (χ1) is 8.74. The number of amides is 1. The Hall–Kier alpha value is -1.53. The Morgan fingerprint density at radius 3 is 2.94 bits per heavy atom. The number of fused-ring (bicyclic) bond motifs is 1. The van der Waals surface area contributed by atoms with E-state index in [0.717, 1.165) is 17.8 Å². The predicted molar refractivity (Wildman–Crippen MR) is 68.4 cm³/mol.